The Kier molecular flexibility index (Phi) is 4.67. The Labute approximate surface area is 145 Å². The first-order chi connectivity index (χ1) is 11.3. The molecule has 24 heavy (non-hydrogen) atoms. The lowest BCUT2D eigenvalue weighted by Crippen LogP contribution is -2.42. The van der Waals surface area contributed by atoms with Crippen molar-refractivity contribution < 1.29 is 18.0 Å². The van der Waals surface area contributed by atoms with E-state index in [0.29, 0.717) is 25.9 Å². The van der Waals surface area contributed by atoms with Gasteiger partial charge in [0.2, 0.25) is 21.8 Å². The third kappa shape index (κ3) is 3.47. The van der Waals surface area contributed by atoms with Gasteiger partial charge in [0.1, 0.15) is 6.04 Å². The minimum Gasteiger partial charge on any atom is -0.354 e. The molecular weight excluding hydrogens is 350 g/mol. The number of carbonyl (C=O) groups excluding carboxylic acids is 2. The molecule has 0 aromatic carbocycles. The van der Waals surface area contributed by atoms with Gasteiger partial charge in [0.15, 0.2) is 0 Å². The van der Waals surface area contributed by atoms with E-state index < -0.39 is 21.5 Å². The summed E-state index contributed by atoms with van der Waals surface area (Å²) in [5.74, 6) is -0.415. The fraction of sp³-hybridized carbons (Fsp3) is 0.600. The molecule has 9 heteroatoms. The molecule has 2 N–H and O–H groups in total. The average molecular weight is 371 g/mol. The number of amides is 2. The van der Waals surface area contributed by atoms with Gasteiger partial charge in [0, 0.05) is 24.5 Å². The molecule has 7 nitrogen and oxygen atoms in total. The molecule has 2 fully saturated rings. The Balaban J connectivity index is 1.55. The standard InChI is InChI=1S/C15H21N3O4S2/c1-24(21,22)18-7-5-15(10-18)9-12(17-14(15)20)13(19)16-6-4-11-3-2-8-23-11/h2-3,8,12H,4-7,9-10H2,1H3,(H,16,19)(H,17,20)/t12-,15-/m0/s1. The van der Waals surface area contributed by atoms with E-state index in [-0.39, 0.29) is 18.4 Å². The van der Waals surface area contributed by atoms with Crippen LogP contribution >= 0.6 is 11.3 Å². The van der Waals surface area contributed by atoms with E-state index in [0.717, 1.165) is 12.7 Å². The number of hydrogen-bond donors (Lipinski definition) is 2. The first-order valence-corrected chi connectivity index (χ1v) is 10.6. The SMILES string of the molecule is CS(=O)(=O)N1CC[C@]2(C[C@@H](C(=O)NCCc3cccs3)NC2=O)C1. The van der Waals surface area contributed by atoms with E-state index >= 15 is 0 Å². The maximum Gasteiger partial charge on any atom is 0.242 e. The molecule has 2 amide bonds. The van der Waals surface area contributed by atoms with E-state index in [2.05, 4.69) is 10.6 Å². The highest BCUT2D eigenvalue weighted by atomic mass is 32.2. The molecule has 0 bridgehead atoms. The van der Waals surface area contributed by atoms with Crippen molar-refractivity contribution >= 4 is 33.2 Å². The van der Waals surface area contributed by atoms with Crippen molar-refractivity contribution in [2.45, 2.75) is 25.3 Å². The van der Waals surface area contributed by atoms with Crippen molar-refractivity contribution in [1.82, 2.24) is 14.9 Å². The summed E-state index contributed by atoms with van der Waals surface area (Å²) >= 11 is 1.64. The van der Waals surface area contributed by atoms with Crippen LogP contribution in [0.5, 0.6) is 0 Å². The summed E-state index contributed by atoms with van der Waals surface area (Å²) in [6, 6.07) is 3.40. The van der Waals surface area contributed by atoms with Crippen LogP contribution in [0.3, 0.4) is 0 Å². The molecule has 0 radical (unpaired) electrons. The van der Waals surface area contributed by atoms with Crippen molar-refractivity contribution in [2.24, 2.45) is 5.41 Å². The number of rotatable bonds is 5. The van der Waals surface area contributed by atoms with Gasteiger partial charge >= 0.3 is 0 Å². The molecule has 1 spiro atoms. The zero-order chi connectivity index (χ0) is 17.4. The smallest absolute Gasteiger partial charge is 0.242 e. The summed E-state index contributed by atoms with van der Waals surface area (Å²) in [5, 5.41) is 7.58. The second kappa shape index (κ2) is 6.45. The summed E-state index contributed by atoms with van der Waals surface area (Å²) < 4.78 is 24.7. The van der Waals surface area contributed by atoms with Crippen molar-refractivity contribution in [3.63, 3.8) is 0 Å². The van der Waals surface area contributed by atoms with Crippen LogP contribution in [0.1, 0.15) is 17.7 Å². The predicted molar refractivity (Wildman–Crippen MR) is 91.0 cm³/mol. The Morgan fingerprint density at radius 2 is 2.33 bits per heavy atom. The van der Waals surface area contributed by atoms with Crippen molar-refractivity contribution in [1.29, 1.82) is 0 Å². The molecule has 2 saturated heterocycles. The van der Waals surface area contributed by atoms with Gasteiger partial charge in [0.25, 0.3) is 0 Å². The van der Waals surface area contributed by atoms with Crippen molar-refractivity contribution in [3.8, 4) is 0 Å². The van der Waals surface area contributed by atoms with Crippen LogP contribution in [0.15, 0.2) is 17.5 Å². The maximum absolute atomic E-state index is 12.3. The van der Waals surface area contributed by atoms with Crippen LogP contribution in [-0.2, 0) is 26.0 Å². The molecule has 3 rings (SSSR count). The summed E-state index contributed by atoms with van der Waals surface area (Å²) in [5.41, 5.74) is -0.765. The molecule has 0 unspecified atom stereocenters. The number of nitrogens with zero attached hydrogens (tertiary/aromatic N) is 1. The second-order valence-electron chi connectivity index (χ2n) is 6.48. The second-order valence-corrected chi connectivity index (χ2v) is 9.49. The Morgan fingerprint density at radius 1 is 1.54 bits per heavy atom. The number of hydrogen-bond acceptors (Lipinski definition) is 5. The largest absolute Gasteiger partial charge is 0.354 e. The molecule has 2 atom stereocenters. The van der Waals surface area contributed by atoms with Crippen molar-refractivity contribution in [3.05, 3.63) is 22.4 Å². The van der Waals surface area contributed by atoms with Crippen LogP contribution in [0.2, 0.25) is 0 Å². The quantitative estimate of drug-likeness (QED) is 0.758. The average Bonchev–Trinajstić information content (AvgIpc) is 3.21. The summed E-state index contributed by atoms with van der Waals surface area (Å²) in [4.78, 5) is 25.8. The molecule has 0 aliphatic carbocycles. The molecule has 0 saturated carbocycles. The first-order valence-electron chi connectivity index (χ1n) is 7.86. The Morgan fingerprint density at radius 3 is 2.96 bits per heavy atom. The summed E-state index contributed by atoms with van der Waals surface area (Å²) in [6.45, 7) is 1.02. The lowest BCUT2D eigenvalue weighted by molar-refractivity contribution is -0.128. The number of thiophene rings is 1. The minimum absolute atomic E-state index is 0.163. The highest BCUT2D eigenvalue weighted by Gasteiger charge is 2.53. The van der Waals surface area contributed by atoms with Gasteiger partial charge in [-0.1, -0.05) is 6.07 Å². The number of nitrogens with one attached hydrogen (secondary N) is 2. The first kappa shape index (κ1) is 17.4. The lowest BCUT2D eigenvalue weighted by Gasteiger charge is -2.20. The van der Waals surface area contributed by atoms with Crippen LogP contribution < -0.4 is 10.6 Å². The molecule has 2 aliphatic heterocycles. The van der Waals surface area contributed by atoms with Gasteiger partial charge in [-0.2, -0.15) is 0 Å². The molecule has 1 aromatic heterocycles. The third-order valence-corrected chi connectivity index (χ3v) is 6.92. The van der Waals surface area contributed by atoms with Crippen LogP contribution in [-0.4, -0.2) is 56.5 Å². The van der Waals surface area contributed by atoms with E-state index in [9.17, 15) is 18.0 Å². The van der Waals surface area contributed by atoms with Gasteiger partial charge < -0.3 is 10.6 Å². The van der Waals surface area contributed by atoms with Crippen molar-refractivity contribution in [2.75, 3.05) is 25.9 Å². The molecule has 132 valence electrons. The fourth-order valence-corrected chi connectivity index (χ4v) is 4.97. The predicted octanol–water partition coefficient (Wildman–Crippen LogP) is -0.0530. The molecule has 1 aromatic rings. The van der Waals surface area contributed by atoms with Crippen LogP contribution in [0.4, 0.5) is 0 Å². The zero-order valence-corrected chi connectivity index (χ0v) is 15.1. The topological polar surface area (TPSA) is 95.6 Å². The van der Waals surface area contributed by atoms with Gasteiger partial charge in [-0.3, -0.25) is 9.59 Å². The summed E-state index contributed by atoms with van der Waals surface area (Å²) in [6.07, 6.45) is 2.72. The van der Waals surface area contributed by atoms with Gasteiger partial charge in [-0.15, -0.1) is 11.3 Å². The normalized spacial score (nSPS) is 27.5. The maximum atomic E-state index is 12.3. The van der Waals surface area contributed by atoms with E-state index in [1.54, 1.807) is 11.3 Å². The fourth-order valence-electron chi connectivity index (χ4n) is 3.36. The number of sulfonamides is 1. The van der Waals surface area contributed by atoms with Crippen LogP contribution in [0, 0.1) is 5.41 Å². The Hall–Kier alpha value is -1.45. The number of carbonyl (C=O) groups is 2. The van der Waals surface area contributed by atoms with Crippen LogP contribution in [0.25, 0.3) is 0 Å². The van der Waals surface area contributed by atoms with E-state index in [4.69, 9.17) is 0 Å². The minimum atomic E-state index is -3.31. The Bertz CT molecular complexity index is 732. The summed E-state index contributed by atoms with van der Waals surface area (Å²) in [7, 11) is -3.31. The van der Waals surface area contributed by atoms with E-state index in [1.807, 2.05) is 17.5 Å². The van der Waals surface area contributed by atoms with Gasteiger partial charge in [-0.05, 0) is 30.7 Å². The van der Waals surface area contributed by atoms with E-state index in [1.165, 1.54) is 9.18 Å². The highest BCUT2D eigenvalue weighted by Crippen LogP contribution is 2.40. The molecule has 3 heterocycles. The highest BCUT2D eigenvalue weighted by molar-refractivity contribution is 7.88. The van der Waals surface area contributed by atoms with Gasteiger partial charge in [0.05, 0.1) is 11.7 Å². The molecular formula is C15H21N3O4S2. The third-order valence-electron chi connectivity index (χ3n) is 4.74. The van der Waals surface area contributed by atoms with Gasteiger partial charge in [-0.25, -0.2) is 12.7 Å². The molecule has 2 aliphatic rings. The monoisotopic (exact) mass is 371 g/mol. The zero-order valence-electron chi connectivity index (χ0n) is 13.4. The lowest BCUT2D eigenvalue weighted by atomic mass is 9.84.